The number of rotatable bonds is 5. The summed E-state index contributed by atoms with van der Waals surface area (Å²) in [5.41, 5.74) is 12.4. The van der Waals surface area contributed by atoms with Gasteiger partial charge in [-0.3, -0.25) is 0 Å². The number of hydrogen-bond donors (Lipinski definition) is 0. The maximum Gasteiger partial charge on any atom is -0.00201 e. The molecule has 48 heavy (non-hydrogen) atoms. The van der Waals surface area contributed by atoms with Crippen LogP contribution in [0.1, 0.15) is 0 Å². The zero-order valence-corrected chi connectivity index (χ0v) is 26.5. The van der Waals surface area contributed by atoms with Gasteiger partial charge >= 0.3 is 0 Å². The highest BCUT2D eigenvalue weighted by Gasteiger charge is 2.18. The number of fused-ring (bicyclic) bond motifs is 3. The van der Waals surface area contributed by atoms with Crippen LogP contribution in [0.5, 0.6) is 0 Å². The van der Waals surface area contributed by atoms with Crippen LogP contribution in [0.25, 0.3) is 88.0 Å². The Bertz CT molecular complexity index is 2540. The van der Waals surface area contributed by atoms with Gasteiger partial charge in [0.1, 0.15) is 0 Å². The second-order valence-electron chi connectivity index (χ2n) is 12.5. The standard InChI is InChI=1S/C48H32/c1-3-14-33(15-4-1)36-19-11-20-37(30-36)38-21-12-22-40(31-38)47-41-23-7-9-25-43(41)48(44-26-10-8-24-42(44)47)45-27-13-18-35-28-29-39(32-46(35)45)34-16-5-2-6-17-34/h1-32H. The number of hydrogen-bond acceptors (Lipinski definition) is 0. The molecule has 0 N–H and O–H groups in total. The first kappa shape index (κ1) is 28.0. The molecule has 0 aromatic heterocycles. The summed E-state index contributed by atoms with van der Waals surface area (Å²) >= 11 is 0. The molecule has 0 atom stereocenters. The van der Waals surface area contributed by atoms with Crippen LogP contribution in [-0.2, 0) is 0 Å². The Labute approximate surface area is 281 Å². The van der Waals surface area contributed by atoms with Crippen LogP contribution in [-0.4, -0.2) is 0 Å². The highest BCUT2D eigenvalue weighted by molar-refractivity contribution is 6.23. The lowest BCUT2D eigenvalue weighted by atomic mass is 9.84. The van der Waals surface area contributed by atoms with Crippen molar-refractivity contribution >= 4 is 32.3 Å². The molecule has 224 valence electrons. The molecule has 9 aromatic carbocycles. The quantitative estimate of drug-likeness (QED) is 0.171. The van der Waals surface area contributed by atoms with E-state index in [4.69, 9.17) is 0 Å². The second kappa shape index (κ2) is 11.8. The summed E-state index contributed by atoms with van der Waals surface area (Å²) in [4.78, 5) is 0. The maximum atomic E-state index is 2.37. The molecular weight excluding hydrogens is 577 g/mol. The first-order chi connectivity index (χ1) is 23.8. The minimum Gasteiger partial charge on any atom is -0.0622 e. The van der Waals surface area contributed by atoms with Crippen molar-refractivity contribution in [3.8, 4) is 55.6 Å². The van der Waals surface area contributed by atoms with Crippen LogP contribution in [0.2, 0.25) is 0 Å². The Balaban J connectivity index is 1.27. The Kier molecular flexibility index (Phi) is 6.91. The molecule has 0 saturated heterocycles. The van der Waals surface area contributed by atoms with E-state index in [1.807, 2.05) is 0 Å². The van der Waals surface area contributed by atoms with Crippen molar-refractivity contribution in [2.45, 2.75) is 0 Å². The van der Waals surface area contributed by atoms with Crippen LogP contribution in [0, 0.1) is 0 Å². The van der Waals surface area contributed by atoms with Crippen LogP contribution in [0.3, 0.4) is 0 Å². The van der Waals surface area contributed by atoms with Gasteiger partial charge in [0, 0.05) is 0 Å². The third kappa shape index (κ3) is 4.87. The molecule has 0 spiro atoms. The molecule has 0 nitrogen and oxygen atoms in total. The van der Waals surface area contributed by atoms with Gasteiger partial charge in [0.25, 0.3) is 0 Å². The van der Waals surface area contributed by atoms with Gasteiger partial charge in [0.15, 0.2) is 0 Å². The van der Waals surface area contributed by atoms with Gasteiger partial charge in [-0.05, 0) is 106 Å². The summed E-state index contributed by atoms with van der Waals surface area (Å²) < 4.78 is 0. The molecule has 0 fully saturated rings. The van der Waals surface area contributed by atoms with E-state index in [0.29, 0.717) is 0 Å². The molecule has 0 heterocycles. The lowest BCUT2D eigenvalue weighted by Crippen LogP contribution is -1.92. The normalized spacial score (nSPS) is 11.3. The molecule has 0 aliphatic carbocycles. The summed E-state index contributed by atoms with van der Waals surface area (Å²) in [5.74, 6) is 0. The monoisotopic (exact) mass is 608 g/mol. The average molecular weight is 609 g/mol. The molecule has 0 amide bonds. The molecule has 0 radical (unpaired) electrons. The third-order valence-corrected chi connectivity index (χ3v) is 9.64. The van der Waals surface area contributed by atoms with Crippen molar-refractivity contribution in [1.29, 1.82) is 0 Å². The van der Waals surface area contributed by atoms with Crippen LogP contribution in [0.15, 0.2) is 194 Å². The molecule has 9 aromatic rings. The zero-order valence-electron chi connectivity index (χ0n) is 26.5. The van der Waals surface area contributed by atoms with Crippen molar-refractivity contribution in [2.24, 2.45) is 0 Å². The van der Waals surface area contributed by atoms with Gasteiger partial charge in [-0.1, -0.05) is 176 Å². The molecule has 0 bridgehead atoms. The van der Waals surface area contributed by atoms with Gasteiger partial charge in [-0.25, -0.2) is 0 Å². The first-order valence-electron chi connectivity index (χ1n) is 16.6. The van der Waals surface area contributed by atoms with Gasteiger partial charge < -0.3 is 0 Å². The smallest absolute Gasteiger partial charge is 0.00201 e. The van der Waals surface area contributed by atoms with Crippen molar-refractivity contribution in [1.82, 2.24) is 0 Å². The number of benzene rings is 9. The second-order valence-corrected chi connectivity index (χ2v) is 12.5. The maximum absolute atomic E-state index is 2.37. The lowest BCUT2D eigenvalue weighted by Gasteiger charge is -2.19. The Morgan fingerprint density at radius 2 is 0.625 bits per heavy atom. The molecule has 0 aliphatic heterocycles. The van der Waals surface area contributed by atoms with Gasteiger partial charge in [0.2, 0.25) is 0 Å². The van der Waals surface area contributed by atoms with E-state index in [1.54, 1.807) is 0 Å². The fourth-order valence-corrected chi connectivity index (χ4v) is 7.39. The summed E-state index contributed by atoms with van der Waals surface area (Å²) in [6.07, 6.45) is 0. The molecular formula is C48H32. The van der Waals surface area contributed by atoms with Crippen molar-refractivity contribution in [2.75, 3.05) is 0 Å². The molecule has 0 unspecified atom stereocenters. The predicted octanol–water partition coefficient (Wildman–Crippen LogP) is 13.5. The van der Waals surface area contributed by atoms with Crippen molar-refractivity contribution in [3.63, 3.8) is 0 Å². The topological polar surface area (TPSA) is 0 Å². The van der Waals surface area contributed by atoms with Gasteiger partial charge in [-0.2, -0.15) is 0 Å². The fourth-order valence-electron chi connectivity index (χ4n) is 7.39. The van der Waals surface area contributed by atoms with Crippen molar-refractivity contribution < 1.29 is 0 Å². The predicted molar refractivity (Wildman–Crippen MR) is 206 cm³/mol. The van der Waals surface area contributed by atoms with E-state index < -0.39 is 0 Å². The van der Waals surface area contributed by atoms with E-state index in [0.717, 1.165) is 0 Å². The Morgan fingerprint density at radius 1 is 0.208 bits per heavy atom. The fraction of sp³-hybridized carbons (Fsp3) is 0. The average Bonchev–Trinajstić information content (AvgIpc) is 3.17. The van der Waals surface area contributed by atoms with Gasteiger partial charge in [-0.15, -0.1) is 0 Å². The van der Waals surface area contributed by atoms with E-state index in [-0.39, 0.29) is 0 Å². The van der Waals surface area contributed by atoms with Crippen LogP contribution in [0.4, 0.5) is 0 Å². The molecule has 9 rings (SSSR count). The summed E-state index contributed by atoms with van der Waals surface area (Å²) in [5, 5.41) is 7.56. The van der Waals surface area contributed by atoms with Gasteiger partial charge in [0.05, 0.1) is 0 Å². The molecule has 0 saturated carbocycles. The minimum absolute atomic E-state index is 1.21. The van der Waals surface area contributed by atoms with E-state index in [1.165, 1.54) is 88.0 Å². The van der Waals surface area contributed by atoms with E-state index in [9.17, 15) is 0 Å². The summed E-state index contributed by atoms with van der Waals surface area (Å²) in [7, 11) is 0. The molecule has 0 aliphatic rings. The van der Waals surface area contributed by atoms with Crippen LogP contribution >= 0.6 is 0 Å². The third-order valence-electron chi connectivity index (χ3n) is 9.64. The minimum atomic E-state index is 1.21. The SMILES string of the molecule is c1ccc(-c2cccc(-c3cccc(-c4c5ccccc5c(-c5cccc6ccc(-c7ccccc7)cc56)c5ccccc45)c3)c2)cc1. The van der Waals surface area contributed by atoms with Crippen LogP contribution < -0.4 is 0 Å². The Morgan fingerprint density at radius 3 is 1.21 bits per heavy atom. The van der Waals surface area contributed by atoms with Crippen molar-refractivity contribution in [3.05, 3.63) is 194 Å². The summed E-state index contributed by atoms with van der Waals surface area (Å²) in [6.45, 7) is 0. The van der Waals surface area contributed by atoms with E-state index in [2.05, 4.69) is 194 Å². The highest BCUT2D eigenvalue weighted by Crippen LogP contribution is 2.46. The van der Waals surface area contributed by atoms with E-state index >= 15 is 0 Å². The Hall–Kier alpha value is -6.24. The highest BCUT2D eigenvalue weighted by atomic mass is 14.2. The lowest BCUT2D eigenvalue weighted by molar-refractivity contribution is 1.58. The largest absolute Gasteiger partial charge is 0.0622 e. The molecule has 0 heteroatoms. The zero-order chi connectivity index (χ0) is 31.9. The summed E-state index contributed by atoms with van der Waals surface area (Å²) in [6, 6.07) is 70.7. The first-order valence-corrected chi connectivity index (χ1v) is 16.6.